The first-order valence-electron chi connectivity index (χ1n) is 6.96. The number of carbonyl (C=O) groups excluding carboxylic acids is 2. The van der Waals surface area contributed by atoms with Gasteiger partial charge in [-0.2, -0.15) is 0 Å². The number of nitrogens with two attached hydrogens (primary N) is 1. The number of anilines is 1. The molecule has 0 spiro atoms. The molecule has 0 bridgehead atoms. The Labute approximate surface area is 127 Å². The highest BCUT2D eigenvalue weighted by atomic mass is 16.4. The van der Waals surface area contributed by atoms with Crippen LogP contribution in [0.2, 0.25) is 0 Å². The lowest BCUT2D eigenvalue weighted by atomic mass is 10.1. The van der Waals surface area contributed by atoms with E-state index in [9.17, 15) is 9.59 Å². The number of nitrogens with zero attached hydrogens (tertiary/aromatic N) is 3. The SMILES string of the molecule is Cc1ccc(-c2nnc(N3CC(C(N)=O)CC3=O)o2)c(C)c1. The predicted molar refractivity (Wildman–Crippen MR) is 78.9 cm³/mol. The lowest BCUT2D eigenvalue weighted by Crippen LogP contribution is -2.28. The average molecular weight is 300 g/mol. The van der Waals surface area contributed by atoms with Crippen LogP contribution in [0.15, 0.2) is 22.6 Å². The molecule has 3 rings (SSSR count). The van der Waals surface area contributed by atoms with Crippen LogP contribution < -0.4 is 10.6 Å². The summed E-state index contributed by atoms with van der Waals surface area (Å²) >= 11 is 0. The van der Waals surface area contributed by atoms with Gasteiger partial charge in [-0.1, -0.05) is 22.8 Å². The summed E-state index contributed by atoms with van der Waals surface area (Å²) in [5.41, 5.74) is 8.22. The topological polar surface area (TPSA) is 102 Å². The van der Waals surface area contributed by atoms with Gasteiger partial charge in [-0.3, -0.25) is 14.5 Å². The number of hydrogen-bond acceptors (Lipinski definition) is 5. The minimum Gasteiger partial charge on any atom is -0.403 e. The van der Waals surface area contributed by atoms with E-state index in [0.29, 0.717) is 5.89 Å². The lowest BCUT2D eigenvalue weighted by molar-refractivity contribution is -0.123. The van der Waals surface area contributed by atoms with Crippen LogP contribution in [-0.2, 0) is 9.59 Å². The number of rotatable bonds is 3. The molecule has 2 heterocycles. The van der Waals surface area contributed by atoms with Crippen LogP contribution in [0.1, 0.15) is 17.5 Å². The van der Waals surface area contributed by atoms with Gasteiger partial charge < -0.3 is 10.2 Å². The zero-order valence-corrected chi connectivity index (χ0v) is 12.4. The summed E-state index contributed by atoms with van der Waals surface area (Å²) in [6, 6.07) is 5.98. The molecule has 1 aliphatic heterocycles. The molecule has 0 aliphatic carbocycles. The largest absolute Gasteiger partial charge is 0.403 e. The van der Waals surface area contributed by atoms with E-state index in [1.165, 1.54) is 4.90 Å². The van der Waals surface area contributed by atoms with Crippen LogP contribution in [0.25, 0.3) is 11.5 Å². The van der Waals surface area contributed by atoms with Crippen molar-refractivity contribution in [3.63, 3.8) is 0 Å². The van der Waals surface area contributed by atoms with Crippen molar-refractivity contribution in [1.82, 2.24) is 10.2 Å². The molecule has 1 fully saturated rings. The smallest absolute Gasteiger partial charge is 0.325 e. The van der Waals surface area contributed by atoms with Crippen LogP contribution in [0.4, 0.5) is 6.01 Å². The van der Waals surface area contributed by atoms with Crippen LogP contribution in [-0.4, -0.2) is 28.6 Å². The van der Waals surface area contributed by atoms with Gasteiger partial charge in [0.1, 0.15) is 0 Å². The molecule has 2 aromatic rings. The number of aryl methyl sites for hydroxylation is 2. The van der Waals surface area contributed by atoms with E-state index < -0.39 is 11.8 Å². The zero-order chi connectivity index (χ0) is 15.9. The first-order valence-corrected chi connectivity index (χ1v) is 6.96. The normalized spacial score (nSPS) is 18.0. The number of primary amides is 1. The fourth-order valence-corrected chi connectivity index (χ4v) is 2.57. The monoisotopic (exact) mass is 300 g/mol. The Hall–Kier alpha value is -2.70. The van der Waals surface area contributed by atoms with Crippen molar-refractivity contribution in [2.24, 2.45) is 11.7 Å². The molecule has 7 nitrogen and oxygen atoms in total. The maximum absolute atomic E-state index is 11.9. The highest BCUT2D eigenvalue weighted by Gasteiger charge is 2.36. The second kappa shape index (κ2) is 5.25. The summed E-state index contributed by atoms with van der Waals surface area (Å²) in [4.78, 5) is 24.5. The standard InChI is InChI=1S/C15H16N4O3/c1-8-3-4-11(9(2)5-8)14-17-18-15(22-14)19-7-10(13(16)21)6-12(19)20/h3-5,10H,6-7H2,1-2H3,(H2,16,21). The van der Waals surface area contributed by atoms with E-state index in [4.69, 9.17) is 10.2 Å². The van der Waals surface area contributed by atoms with Gasteiger partial charge in [-0.25, -0.2) is 0 Å². The van der Waals surface area contributed by atoms with Crippen molar-refractivity contribution in [1.29, 1.82) is 0 Å². The quantitative estimate of drug-likeness (QED) is 0.917. The molecule has 0 saturated carbocycles. The summed E-state index contributed by atoms with van der Waals surface area (Å²) in [7, 11) is 0. The molecule has 1 aliphatic rings. The highest BCUT2D eigenvalue weighted by Crippen LogP contribution is 2.28. The molecule has 1 saturated heterocycles. The number of aromatic nitrogens is 2. The first-order chi connectivity index (χ1) is 10.5. The molecular formula is C15H16N4O3. The second-order valence-corrected chi connectivity index (χ2v) is 5.52. The van der Waals surface area contributed by atoms with E-state index >= 15 is 0 Å². The zero-order valence-electron chi connectivity index (χ0n) is 12.4. The molecule has 1 atom stereocenters. The van der Waals surface area contributed by atoms with Crippen molar-refractivity contribution in [2.75, 3.05) is 11.4 Å². The van der Waals surface area contributed by atoms with Gasteiger partial charge in [0.25, 0.3) is 0 Å². The summed E-state index contributed by atoms with van der Waals surface area (Å²) in [5.74, 6) is -0.892. The van der Waals surface area contributed by atoms with Gasteiger partial charge in [0.2, 0.25) is 17.7 Å². The number of amides is 2. The van der Waals surface area contributed by atoms with E-state index in [0.717, 1.165) is 16.7 Å². The fraction of sp³-hybridized carbons (Fsp3) is 0.333. The lowest BCUT2D eigenvalue weighted by Gasteiger charge is -2.09. The molecule has 0 radical (unpaired) electrons. The Morgan fingerprint density at radius 2 is 2.14 bits per heavy atom. The molecule has 22 heavy (non-hydrogen) atoms. The van der Waals surface area contributed by atoms with Crippen LogP contribution in [0.3, 0.4) is 0 Å². The molecule has 114 valence electrons. The molecule has 2 N–H and O–H groups in total. The summed E-state index contributed by atoms with van der Waals surface area (Å²) in [6.45, 7) is 4.14. The van der Waals surface area contributed by atoms with Crippen LogP contribution >= 0.6 is 0 Å². The van der Waals surface area contributed by atoms with Crippen molar-refractivity contribution in [3.05, 3.63) is 29.3 Å². The van der Waals surface area contributed by atoms with Gasteiger partial charge in [0.15, 0.2) is 0 Å². The molecule has 1 aromatic carbocycles. The highest BCUT2D eigenvalue weighted by molar-refractivity contribution is 5.98. The number of hydrogen-bond donors (Lipinski definition) is 1. The summed E-state index contributed by atoms with van der Waals surface area (Å²) < 4.78 is 5.60. The third kappa shape index (κ3) is 2.45. The summed E-state index contributed by atoms with van der Waals surface area (Å²) in [5, 5.41) is 7.92. The molecule has 1 unspecified atom stereocenters. The van der Waals surface area contributed by atoms with E-state index in [-0.39, 0.29) is 24.9 Å². The van der Waals surface area contributed by atoms with Crippen LogP contribution in [0.5, 0.6) is 0 Å². The number of carbonyl (C=O) groups is 2. The minimum atomic E-state index is -0.510. The predicted octanol–water partition coefficient (Wildman–Crippen LogP) is 1.19. The number of benzene rings is 1. The fourth-order valence-electron chi connectivity index (χ4n) is 2.57. The van der Waals surface area contributed by atoms with Crippen molar-refractivity contribution < 1.29 is 14.0 Å². The Bertz CT molecular complexity index is 753. The van der Waals surface area contributed by atoms with E-state index in [1.54, 1.807) is 0 Å². The molecule has 2 amide bonds. The van der Waals surface area contributed by atoms with Gasteiger partial charge in [-0.05, 0) is 25.5 Å². The second-order valence-electron chi connectivity index (χ2n) is 5.52. The molecule has 7 heteroatoms. The Morgan fingerprint density at radius 1 is 1.36 bits per heavy atom. The van der Waals surface area contributed by atoms with Crippen LogP contribution in [0, 0.1) is 19.8 Å². The van der Waals surface area contributed by atoms with Gasteiger partial charge in [-0.15, -0.1) is 5.10 Å². The van der Waals surface area contributed by atoms with Gasteiger partial charge in [0.05, 0.1) is 5.92 Å². The first kappa shape index (κ1) is 14.2. The Balaban J connectivity index is 1.88. The molecule has 1 aromatic heterocycles. The van der Waals surface area contributed by atoms with Crippen molar-refractivity contribution >= 4 is 17.8 Å². The summed E-state index contributed by atoms with van der Waals surface area (Å²) in [6.07, 6.45) is 0.0800. The maximum Gasteiger partial charge on any atom is 0.325 e. The van der Waals surface area contributed by atoms with E-state index in [1.807, 2.05) is 32.0 Å². The van der Waals surface area contributed by atoms with Crippen molar-refractivity contribution in [2.45, 2.75) is 20.3 Å². The Morgan fingerprint density at radius 3 is 2.77 bits per heavy atom. The molecular weight excluding hydrogens is 284 g/mol. The van der Waals surface area contributed by atoms with E-state index in [2.05, 4.69) is 10.2 Å². The third-order valence-electron chi connectivity index (χ3n) is 3.78. The average Bonchev–Trinajstić information content (AvgIpc) is 3.05. The maximum atomic E-state index is 11.9. The van der Waals surface area contributed by atoms with Gasteiger partial charge >= 0.3 is 6.01 Å². The third-order valence-corrected chi connectivity index (χ3v) is 3.78. The van der Waals surface area contributed by atoms with Gasteiger partial charge in [0, 0.05) is 18.5 Å². The van der Waals surface area contributed by atoms with Crippen molar-refractivity contribution in [3.8, 4) is 11.5 Å². The minimum absolute atomic E-state index is 0.0800. The Kier molecular flexibility index (Phi) is 3.40.